The van der Waals surface area contributed by atoms with Crippen molar-refractivity contribution in [2.24, 2.45) is 28.7 Å². The predicted molar refractivity (Wildman–Crippen MR) is 104 cm³/mol. The van der Waals surface area contributed by atoms with Crippen molar-refractivity contribution in [3.05, 3.63) is 46.8 Å². The average Bonchev–Trinajstić information content (AvgIpc) is 3.36. The van der Waals surface area contributed by atoms with E-state index in [2.05, 4.69) is 27.8 Å². The van der Waals surface area contributed by atoms with Crippen LogP contribution in [0.2, 0.25) is 5.02 Å². The lowest BCUT2D eigenvalue weighted by molar-refractivity contribution is -0.140. The van der Waals surface area contributed by atoms with Gasteiger partial charge in [-0.25, -0.2) is 4.39 Å². The smallest absolute Gasteiger partial charge is 0.233 e. The van der Waals surface area contributed by atoms with Gasteiger partial charge in [-0.15, -0.1) is 0 Å². The summed E-state index contributed by atoms with van der Waals surface area (Å²) in [5, 5.41) is 6.28. The predicted octanol–water partition coefficient (Wildman–Crippen LogP) is 1.95. The molecule has 8 heteroatoms. The second-order valence-corrected chi connectivity index (χ2v) is 7.84. The zero-order chi connectivity index (χ0) is 19.8. The molecule has 1 saturated carbocycles. The summed E-state index contributed by atoms with van der Waals surface area (Å²) in [6.07, 6.45) is 5.11. The second-order valence-electron chi connectivity index (χ2n) is 7.43. The number of carbonyl (C=O) groups is 2. The van der Waals surface area contributed by atoms with Crippen LogP contribution in [0.15, 0.2) is 35.3 Å². The molecule has 28 heavy (non-hydrogen) atoms. The number of benzene rings is 1. The van der Waals surface area contributed by atoms with Gasteiger partial charge in [0.25, 0.3) is 0 Å². The monoisotopic (exact) mass is 404 g/mol. The van der Waals surface area contributed by atoms with Crippen LogP contribution in [0.25, 0.3) is 0 Å². The van der Waals surface area contributed by atoms with Crippen LogP contribution in [-0.2, 0) is 16.1 Å². The molecule has 4 rings (SSSR count). The Bertz CT molecular complexity index is 842. The van der Waals surface area contributed by atoms with Crippen molar-refractivity contribution in [2.75, 3.05) is 20.1 Å². The number of likely N-dealkylation sites (tertiary alicyclic amines) is 1. The summed E-state index contributed by atoms with van der Waals surface area (Å²) in [4.78, 5) is 30.8. The quantitative estimate of drug-likeness (QED) is 0.340. The summed E-state index contributed by atoms with van der Waals surface area (Å²) in [6.45, 7) is 1.14. The Morgan fingerprint density at radius 3 is 2.50 bits per heavy atom. The molecule has 2 N–H and O–H groups in total. The molecular formula is C20H22ClFN4O2. The highest BCUT2D eigenvalue weighted by Gasteiger charge is 2.58. The highest BCUT2D eigenvalue weighted by Crippen LogP contribution is 2.52. The van der Waals surface area contributed by atoms with Crippen LogP contribution >= 0.6 is 11.6 Å². The number of rotatable bonds is 5. The molecule has 1 heterocycles. The minimum Gasteiger partial charge on any atom is -0.355 e. The Morgan fingerprint density at radius 1 is 1.21 bits per heavy atom. The zero-order valence-corrected chi connectivity index (χ0v) is 16.2. The summed E-state index contributed by atoms with van der Waals surface area (Å²) >= 11 is 5.79. The van der Waals surface area contributed by atoms with Crippen LogP contribution < -0.4 is 10.6 Å². The van der Waals surface area contributed by atoms with Crippen molar-refractivity contribution in [3.8, 4) is 0 Å². The largest absolute Gasteiger partial charge is 0.355 e. The molecule has 1 saturated heterocycles. The first kappa shape index (κ1) is 18.9. The molecule has 0 spiro atoms. The molecule has 3 aliphatic rings. The molecule has 6 nitrogen and oxygen atoms in total. The fraction of sp³-hybridized carbons (Fsp3) is 0.450. The summed E-state index contributed by atoms with van der Waals surface area (Å²) in [5.74, 6) is 0.104. The maximum Gasteiger partial charge on any atom is 0.233 e. The van der Waals surface area contributed by atoms with Gasteiger partial charge in [0.2, 0.25) is 11.8 Å². The standard InChI is InChI=1S/C20H22ClFN4O2/c1-23-20(25-10-11-2-5-15(22)14(21)8-11)24-6-7-26-18(27)16-12-3-4-13(9-12)17(16)19(26)28/h2-5,8,12-13,16-17H,6-7,9-10H2,1H3,(H2,23,24,25). The molecule has 1 aromatic carbocycles. The van der Waals surface area contributed by atoms with Crippen molar-refractivity contribution < 1.29 is 14.0 Å². The third-order valence-electron chi connectivity index (χ3n) is 5.86. The molecule has 2 amide bonds. The Labute approximate surface area is 167 Å². The number of nitrogens with one attached hydrogen (secondary N) is 2. The molecule has 4 unspecified atom stereocenters. The first-order valence-corrected chi connectivity index (χ1v) is 9.79. The lowest BCUT2D eigenvalue weighted by Gasteiger charge is -2.18. The van der Waals surface area contributed by atoms with Gasteiger partial charge in [-0.3, -0.25) is 19.5 Å². The molecule has 4 atom stereocenters. The Hall–Kier alpha value is -2.41. The van der Waals surface area contributed by atoms with Crippen LogP contribution in [0.4, 0.5) is 4.39 Å². The van der Waals surface area contributed by atoms with E-state index >= 15 is 0 Å². The number of fused-ring (bicyclic) bond motifs is 5. The Kier molecular flexibility index (Phi) is 5.10. The van der Waals surface area contributed by atoms with Crippen LogP contribution in [0.3, 0.4) is 0 Å². The highest BCUT2D eigenvalue weighted by molar-refractivity contribution is 6.30. The second kappa shape index (κ2) is 7.54. The molecule has 1 aromatic rings. The summed E-state index contributed by atoms with van der Waals surface area (Å²) in [5.41, 5.74) is 0.815. The molecule has 2 fully saturated rings. The van der Waals surface area contributed by atoms with Crippen molar-refractivity contribution >= 4 is 29.4 Å². The SMILES string of the molecule is CN=C(NCCN1C(=O)C2C3C=CC(C3)C2C1=O)NCc1ccc(F)c(Cl)c1. The first-order valence-electron chi connectivity index (χ1n) is 9.41. The van der Waals surface area contributed by atoms with Gasteiger partial charge in [-0.2, -0.15) is 0 Å². The van der Waals surface area contributed by atoms with Gasteiger partial charge < -0.3 is 10.6 Å². The lowest BCUT2D eigenvalue weighted by atomic mass is 9.85. The maximum absolute atomic E-state index is 13.2. The van der Waals surface area contributed by atoms with Crippen molar-refractivity contribution in [1.82, 2.24) is 15.5 Å². The molecule has 0 radical (unpaired) electrons. The van der Waals surface area contributed by atoms with Gasteiger partial charge in [-0.05, 0) is 36.0 Å². The van der Waals surface area contributed by atoms with E-state index in [1.54, 1.807) is 19.2 Å². The van der Waals surface area contributed by atoms with Gasteiger partial charge in [0.05, 0.1) is 16.9 Å². The number of carbonyl (C=O) groups excluding carboxylic acids is 2. The minimum absolute atomic E-state index is 0.0439. The molecule has 2 bridgehead atoms. The van der Waals surface area contributed by atoms with E-state index in [-0.39, 0.29) is 40.5 Å². The van der Waals surface area contributed by atoms with Crippen molar-refractivity contribution in [3.63, 3.8) is 0 Å². The number of imide groups is 1. The third kappa shape index (κ3) is 3.28. The number of guanidine groups is 1. The topological polar surface area (TPSA) is 73.8 Å². The lowest BCUT2D eigenvalue weighted by Crippen LogP contribution is -2.43. The summed E-state index contributed by atoms with van der Waals surface area (Å²) in [7, 11) is 1.63. The fourth-order valence-corrected chi connectivity index (χ4v) is 4.73. The van der Waals surface area contributed by atoms with E-state index in [1.165, 1.54) is 11.0 Å². The van der Waals surface area contributed by atoms with Gasteiger partial charge in [0.1, 0.15) is 5.82 Å². The number of halogens is 2. The van der Waals surface area contributed by atoms with E-state index in [9.17, 15) is 14.0 Å². The molecule has 148 valence electrons. The number of amides is 2. The van der Waals surface area contributed by atoms with Crippen LogP contribution in [0, 0.1) is 29.5 Å². The van der Waals surface area contributed by atoms with Gasteiger partial charge in [0.15, 0.2) is 5.96 Å². The van der Waals surface area contributed by atoms with E-state index in [0.717, 1.165) is 12.0 Å². The molecular weight excluding hydrogens is 383 g/mol. The zero-order valence-electron chi connectivity index (χ0n) is 15.5. The Balaban J connectivity index is 1.28. The van der Waals surface area contributed by atoms with Gasteiger partial charge in [-0.1, -0.05) is 29.8 Å². The number of allylic oxidation sites excluding steroid dienone is 2. The number of aliphatic imine (C=N–C) groups is 1. The molecule has 2 aliphatic carbocycles. The van der Waals surface area contributed by atoms with E-state index < -0.39 is 5.82 Å². The summed E-state index contributed by atoms with van der Waals surface area (Å²) < 4.78 is 13.2. The maximum atomic E-state index is 13.2. The molecule has 1 aliphatic heterocycles. The van der Waals surface area contributed by atoms with Crippen LogP contribution in [-0.4, -0.2) is 42.8 Å². The first-order chi connectivity index (χ1) is 13.5. The van der Waals surface area contributed by atoms with Gasteiger partial charge >= 0.3 is 0 Å². The number of nitrogens with zero attached hydrogens (tertiary/aromatic N) is 2. The summed E-state index contributed by atoms with van der Waals surface area (Å²) in [6, 6.07) is 4.52. The normalized spacial score (nSPS) is 28.2. The van der Waals surface area contributed by atoms with E-state index in [4.69, 9.17) is 11.6 Å². The average molecular weight is 405 g/mol. The Morgan fingerprint density at radius 2 is 1.89 bits per heavy atom. The number of hydrogen-bond acceptors (Lipinski definition) is 3. The number of hydrogen-bond donors (Lipinski definition) is 2. The fourth-order valence-electron chi connectivity index (χ4n) is 4.53. The molecule has 0 aromatic heterocycles. The van der Waals surface area contributed by atoms with Crippen LogP contribution in [0.1, 0.15) is 12.0 Å². The van der Waals surface area contributed by atoms with E-state index in [1.807, 2.05) is 0 Å². The van der Waals surface area contributed by atoms with E-state index in [0.29, 0.717) is 25.6 Å². The van der Waals surface area contributed by atoms with Crippen LogP contribution in [0.5, 0.6) is 0 Å². The highest BCUT2D eigenvalue weighted by atomic mass is 35.5. The third-order valence-corrected chi connectivity index (χ3v) is 6.15. The van der Waals surface area contributed by atoms with Crippen molar-refractivity contribution in [2.45, 2.75) is 13.0 Å². The van der Waals surface area contributed by atoms with Crippen molar-refractivity contribution in [1.29, 1.82) is 0 Å². The van der Waals surface area contributed by atoms with Gasteiger partial charge in [0, 0.05) is 26.7 Å². The minimum atomic E-state index is -0.457.